The van der Waals surface area contributed by atoms with Gasteiger partial charge in [-0.15, -0.1) is 0 Å². The number of ether oxygens (including phenoxy) is 1. The summed E-state index contributed by atoms with van der Waals surface area (Å²) in [6, 6.07) is -0.234. The molecule has 18 heavy (non-hydrogen) atoms. The second-order valence-corrected chi connectivity index (χ2v) is 5.04. The van der Waals surface area contributed by atoms with Gasteiger partial charge in [-0.25, -0.2) is 9.37 Å². The highest BCUT2D eigenvalue weighted by atomic mass is 19.1. The topological polar surface area (TPSA) is 47.3 Å². The average molecular weight is 254 g/mol. The molecule has 0 radical (unpaired) electrons. The maximum absolute atomic E-state index is 13.4. The summed E-state index contributed by atoms with van der Waals surface area (Å²) in [6.07, 6.45) is 4.87. The smallest absolute Gasteiger partial charge is 0.214 e. The molecule has 1 aliphatic carbocycles. The third-order valence-corrected chi connectivity index (χ3v) is 3.66. The Hall–Kier alpha value is -0.940. The minimum atomic E-state index is -1.21. The molecule has 1 saturated heterocycles. The highest BCUT2D eigenvalue weighted by Gasteiger charge is 2.25. The first-order chi connectivity index (χ1) is 8.83. The minimum absolute atomic E-state index is 0.234. The maximum atomic E-state index is 13.4. The summed E-state index contributed by atoms with van der Waals surface area (Å²) in [4.78, 5) is 4.47. The lowest BCUT2D eigenvalue weighted by Gasteiger charge is -2.26. The highest BCUT2D eigenvalue weighted by molar-refractivity contribution is 5.13. The van der Waals surface area contributed by atoms with Gasteiger partial charge in [0.15, 0.2) is 0 Å². The number of hydrogen-bond donors (Lipinski definition) is 1. The lowest BCUT2D eigenvalue weighted by molar-refractivity contribution is -0.0900. The van der Waals surface area contributed by atoms with E-state index < -0.39 is 6.36 Å². The molecule has 0 bridgehead atoms. The van der Waals surface area contributed by atoms with E-state index in [-0.39, 0.29) is 6.04 Å². The summed E-state index contributed by atoms with van der Waals surface area (Å²) in [6.45, 7) is 1.01. The van der Waals surface area contributed by atoms with Crippen molar-refractivity contribution in [2.45, 2.75) is 57.5 Å². The molecule has 1 fully saturated rings. The molecule has 0 aromatic carbocycles. The molecule has 2 aliphatic rings. The van der Waals surface area contributed by atoms with Crippen LogP contribution in [-0.4, -0.2) is 24.0 Å². The number of aromatic nitrogens is 1. The van der Waals surface area contributed by atoms with Crippen molar-refractivity contribution >= 4 is 0 Å². The summed E-state index contributed by atoms with van der Waals surface area (Å²) >= 11 is 0. The van der Waals surface area contributed by atoms with Crippen LogP contribution >= 0.6 is 0 Å². The number of nitrogens with one attached hydrogen (secondary N) is 1. The van der Waals surface area contributed by atoms with Crippen LogP contribution < -0.4 is 5.32 Å². The molecule has 1 N–H and O–H groups in total. The van der Waals surface area contributed by atoms with Gasteiger partial charge >= 0.3 is 0 Å². The van der Waals surface area contributed by atoms with E-state index in [1.807, 2.05) is 0 Å². The van der Waals surface area contributed by atoms with E-state index in [0.717, 1.165) is 37.1 Å². The van der Waals surface area contributed by atoms with Gasteiger partial charge in [-0.3, -0.25) is 0 Å². The Morgan fingerprint density at radius 3 is 3.00 bits per heavy atom. The van der Waals surface area contributed by atoms with Crippen LogP contribution in [0.2, 0.25) is 0 Å². The van der Waals surface area contributed by atoms with E-state index in [9.17, 15) is 4.39 Å². The summed E-state index contributed by atoms with van der Waals surface area (Å²) < 4.78 is 24.1. The molecule has 3 rings (SSSR count). The van der Waals surface area contributed by atoms with Gasteiger partial charge in [0, 0.05) is 6.42 Å². The number of nitrogens with zero attached hydrogens (tertiary/aromatic N) is 1. The standard InChI is InChI=1S/C13H19FN2O2/c14-13-10(5-3-7-17-13)15-8-12-16-9-4-1-2-6-11(9)18-12/h10,13,15H,1-8H2. The first kappa shape index (κ1) is 12.1. The van der Waals surface area contributed by atoms with Crippen LogP contribution in [0.5, 0.6) is 0 Å². The summed E-state index contributed by atoms with van der Waals surface area (Å²) in [5.41, 5.74) is 1.09. The minimum Gasteiger partial charge on any atom is -0.444 e. The summed E-state index contributed by atoms with van der Waals surface area (Å²) in [7, 11) is 0. The number of hydrogen-bond acceptors (Lipinski definition) is 4. The van der Waals surface area contributed by atoms with E-state index in [1.165, 1.54) is 12.8 Å². The molecule has 2 heterocycles. The number of alkyl halides is 1. The Kier molecular flexibility index (Phi) is 3.61. The lowest BCUT2D eigenvalue weighted by atomic mass is 10.0. The van der Waals surface area contributed by atoms with Crippen molar-refractivity contribution in [2.75, 3.05) is 6.61 Å². The fraction of sp³-hybridized carbons (Fsp3) is 0.769. The maximum Gasteiger partial charge on any atom is 0.214 e. The molecule has 5 heteroatoms. The molecule has 1 aromatic rings. The van der Waals surface area contributed by atoms with Crippen molar-refractivity contribution in [3.63, 3.8) is 0 Å². The van der Waals surface area contributed by atoms with E-state index >= 15 is 0 Å². The van der Waals surface area contributed by atoms with Gasteiger partial charge in [0.2, 0.25) is 12.2 Å². The van der Waals surface area contributed by atoms with Gasteiger partial charge in [0.1, 0.15) is 5.76 Å². The van der Waals surface area contributed by atoms with Crippen molar-refractivity contribution in [3.8, 4) is 0 Å². The van der Waals surface area contributed by atoms with Gasteiger partial charge in [0.25, 0.3) is 0 Å². The van der Waals surface area contributed by atoms with Crippen molar-refractivity contribution < 1.29 is 13.5 Å². The first-order valence-corrected chi connectivity index (χ1v) is 6.79. The van der Waals surface area contributed by atoms with Crippen molar-refractivity contribution in [3.05, 3.63) is 17.3 Å². The first-order valence-electron chi connectivity index (χ1n) is 6.79. The summed E-state index contributed by atoms with van der Waals surface area (Å²) in [5, 5.41) is 3.14. The third-order valence-electron chi connectivity index (χ3n) is 3.66. The molecular formula is C13H19FN2O2. The van der Waals surface area contributed by atoms with E-state index in [1.54, 1.807) is 0 Å². The van der Waals surface area contributed by atoms with Gasteiger partial charge in [-0.05, 0) is 32.1 Å². The van der Waals surface area contributed by atoms with Crippen molar-refractivity contribution in [1.29, 1.82) is 0 Å². The zero-order valence-corrected chi connectivity index (χ0v) is 10.5. The monoisotopic (exact) mass is 254 g/mol. The second-order valence-electron chi connectivity index (χ2n) is 5.04. The predicted octanol–water partition coefficient (Wildman–Crippen LogP) is 2.12. The molecule has 0 spiro atoms. The van der Waals surface area contributed by atoms with Crippen LogP contribution in [0, 0.1) is 0 Å². The quantitative estimate of drug-likeness (QED) is 0.897. The van der Waals surface area contributed by atoms with Gasteiger partial charge < -0.3 is 14.5 Å². The van der Waals surface area contributed by atoms with Gasteiger partial charge in [0.05, 0.1) is 24.9 Å². The average Bonchev–Trinajstić information content (AvgIpc) is 2.80. The van der Waals surface area contributed by atoms with E-state index in [2.05, 4.69) is 10.3 Å². The Balaban J connectivity index is 1.57. The second kappa shape index (κ2) is 5.36. The van der Waals surface area contributed by atoms with E-state index in [0.29, 0.717) is 19.0 Å². The number of rotatable bonds is 3. The lowest BCUT2D eigenvalue weighted by Crippen LogP contribution is -2.41. The highest BCUT2D eigenvalue weighted by Crippen LogP contribution is 2.22. The van der Waals surface area contributed by atoms with Crippen LogP contribution in [0.25, 0.3) is 0 Å². The molecule has 0 saturated carbocycles. The molecule has 2 atom stereocenters. The Morgan fingerprint density at radius 2 is 2.17 bits per heavy atom. The normalized spacial score (nSPS) is 28.1. The Morgan fingerprint density at radius 1 is 1.28 bits per heavy atom. The van der Waals surface area contributed by atoms with Crippen LogP contribution in [0.1, 0.15) is 43.0 Å². The SMILES string of the molecule is FC1OCCCC1NCc1nc2c(o1)CCCC2. The number of halogens is 1. The van der Waals surface area contributed by atoms with Gasteiger partial charge in [-0.2, -0.15) is 0 Å². The van der Waals surface area contributed by atoms with E-state index in [4.69, 9.17) is 9.15 Å². The zero-order chi connectivity index (χ0) is 12.4. The largest absolute Gasteiger partial charge is 0.444 e. The Bertz CT molecular complexity index is 384. The third kappa shape index (κ3) is 2.57. The molecular weight excluding hydrogens is 235 g/mol. The molecule has 1 aliphatic heterocycles. The molecule has 2 unspecified atom stereocenters. The summed E-state index contributed by atoms with van der Waals surface area (Å²) in [5.74, 6) is 1.70. The van der Waals surface area contributed by atoms with Crippen LogP contribution in [0.3, 0.4) is 0 Å². The molecule has 0 amide bonds. The van der Waals surface area contributed by atoms with Crippen LogP contribution in [-0.2, 0) is 24.1 Å². The molecule has 1 aromatic heterocycles. The van der Waals surface area contributed by atoms with Gasteiger partial charge in [-0.1, -0.05) is 0 Å². The zero-order valence-electron chi connectivity index (χ0n) is 10.5. The van der Waals surface area contributed by atoms with Crippen LogP contribution in [0.15, 0.2) is 4.42 Å². The fourth-order valence-corrected chi connectivity index (χ4v) is 2.64. The fourth-order valence-electron chi connectivity index (χ4n) is 2.64. The molecule has 100 valence electrons. The number of fused-ring (bicyclic) bond motifs is 1. The Labute approximate surface area is 106 Å². The van der Waals surface area contributed by atoms with Crippen molar-refractivity contribution in [1.82, 2.24) is 10.3 Å². The predicted molar refractivity (Wildman–Crippen MR) is 63.9 cm³/mol. The molecule has 4 nitrogen and oxygen atoms in total. The van der Waals surface area contributed by atoms with Crippen LogP contribution in [0.4, 0.5) is 4.39 Å². The van der Waals surface area contributed by atoms with Crippen molar-refractivity contribution in [2.24, 2.45) is 0 Å². The number of oxazole rings is 1. The number of aryl methyl sites for hydroxylation is 2.